The average molecular weight is 290 g/mol. The molecule has 0 heterocycles. The number of amides is 1. The van der Waals surface area contributed by atoms with Crippen LogP contribution in [0.5, 0.6) is 0 Å². The van der Waals surface area contributed by atoms with E-state index in [9.17, 15) is 4.79 Å². The van der Waals surface area contributed by atoms with Gasteiger partial charge in [0.25, 0.3) is 0 Å². The molecule has 0 radical (unpaired) electrons. The van der Waals surface area contributed by atoms with Crippen molar-refractivity contribution in [1.29, 1.82) is 0 Å². The molecule has 1 aromatic rings. The molecular formula is C17H26N2O2. The van der Waals surface area contributed by atoms with Gasteiger partial charge in [-0.25, -0.2) is 0 Å². The Hall–Kier alpha value is -1.39. The van der Waals surface area contributed by atoms with Crippen molar-refractivity contribution < 1.29 is 9.53 Å². The Labute approximate surface area is 127 Å². The molecule has 0 atom stereocenters. The second kappa shape index (κ2) is 8.80. The van der Waals surface area contributed by atoms with Gasteiger partial charge in [-0.2, -0.15) is 0 Å². The maximum absolute atomic E-state index is 11.9. The summed E-state index contributed by atoms with van der Waals surface area (Å²) in [5.74, 6) is 0.0307. The average Bonchev–Trinajstić information content (AvgIpc) is 2.53. The second-order valence-electron chi connectivity index (χ2n) is 5.63. The fraction of sp³-hybridized carbons (Fsp3) is 0.588. The van der Waals surface area contributed by atoms with E-state index in [1.54, 1.807) is 0 Å². The lowest BCUT2D eigenvalue weighted by Crippen LogP contribution is -2.30. The van der Waals surface area contributed by atoms with Crippen molar-refractivity contribution in [2.75, 3.05) is 13.2 Å². The summed E-state index contributed by atoms with van der Waals surface area (Å²) >= 11 is 0. The van der Waals surface area contributed by atoms with Crippen LogP contribution in [0.3, 0.4) is 0 Å². The first-order chi connectivity index (χ1) is 10.3. The van der Waals surface area contributed by atoms with Gasteiger partial charge in [0.2, 0.25) is 5.91 Å². The third-order valence-electron chi connectivity index (χ3n) is 4.02. The molecule has 0 bridgehead atoms. The summed E-state index contributed by atoms with van der Waals surface area (Å²) in [7, 11) is 0. The summed E-state index contributed by atoms with van der Waals surface area (Å²) in [5.41, 5.74) is 7.72. The Morgan fingerprint density at radius 3 is 2.62 bits per heavy atom. The zero-order valence-electron chi connectivity index (χ0n) is 12.6. The van der Waals surface area contributed by atoms with Crippen molar-refractivity contribution in [3.05, 3.63) is 35.4 Å². The van der Waals surface area contributed by atoms with Crippen LogP contribution in [0.25, 0.3) is 0 Å². The van der Waals surface area contributed by atoms with Crippen molar-refractivity contribution in [3.8, 4) is 0 Å². The van der Waals surface area contributed by atoms with E-state index in [4.69, 9.17) is 10.5 Å². The van der Waals surface area contributed by atoms with Crippen LogP contribution in [0, 0.1) is 0 Å². The van der Waals surface area contributed by atoms with Gasteiger partial charge in [-0.3, -0.25) is 4.79 Å². The summed E-state index contributed by atoms with van der Waals surface area (Å²) in [6.45, 7) is 1.66. The molecule has 4 heteroatoms. The molecule has 116 valence electrons. The number of carbonyl (C=O) groups is 1. The maximum Gasteiger partial charge on any atom is 0.224 e. The van der Waals surface area contributed by atoms with Gasteiger partial charge in [0.05, 0.1) is 19.1 Å². The number of benzene rings is 1. The molecule has 1 aliphatic carbocycles. The van der Waals surface area contributed by atoms with Crippen molar-refractivity contribution in [2.24, 2.45) is 5.73 Å². The Morgan fingerprint density at radius 2 is 1.90 bits per heavy atom. The minimum absolute atomic E-state index is 0.0307. The van der Waals surface area contributed by atoms with Crippen LogP contribution in [0.1, 0.15) is 43.2 Å². The van der Waals surface area contributed by atoms with Crippen molar-refractivity contribution in [1.82, 2.24) is 5.32 Å². The van der Waals surface area contributed by atoms with Gasteiger partial charge in [0.15, 0.2) is 0 Å². The highest BCUT2D eigenvalue weighted by Gasteiger charge is 2.13. The van der Waals surface area contributed by atoms with Crippen LogP contribution >= 0.6 is 0 Å². The van der Waals surface area contributed by atoms with Crippen LogP contribution in [-0.2, 0) is 22.5 Å². The lowest BCUT2D eigenvalue weighted by molar-refractivity contribution is -0.120. The van der Waals surface area contributed by atoms with Gasteiger partial charge in [0, 0.05) is 13.1 Å². The highest BCUT2D eigenvalue weighted by atomic mass is 16.5. The third-order valence-corrected chi connectivity index (χ3v) is 4.02. The standard InChI is InChI=1S/C17H26N2O2/c18-13-15-7-5-4-6-14(15)12-17(20)19-10-11-21-16-8-2-1-3-9-16/h4-7,16H,1-3,8-13,18H2,(H,19,20). The first kappa shape index (κ1) is 16.0. The minimum atomic E-state index is 0.0307. The molecule has 1 aromatic carbocycles. The van der Waals surface area contributed by atoms with Gasteiger partial charge in [-0.05, 0) is 24.0 Å². The second-order valence-corrected chi connectivity index (χ2v) is 5.63. The number of hydrogen-bond donors (Lipinski definition) is 2. The Balaban J connectivity index is 1.65. The normalized spacial score (nSPS) is 15.9. The Kier molecular flexibility index (Phi) is 6.70. The van der Waals surface area contributed by atoms with Crippen LogP contribution < -0.4 is 11.1 Å². The summed E-state index contributed by atoms with van der Waals surface area (Å²) in [6.07, 6.45) is 6.98. The summed E-state index contributed by atoms with van der Waals surface area (Å²) in [5, 5.41) is 2.92. The van der Waals surface area contributed by atoms with Crippen molar-refractivity contribution in [3.63, 3.8) is 0 Å². The van der Waals surface area contributed by atoms with E-state index in [-0.39, 0.29) is 5.91 Å². The molecule has 1 fully saturated rings. The monoisotopic (exact) mass is 290 g/mol. The van der Waals surface area contributed by atoms with Crippen molar-refractivity contribution in [2.45, 2.75) is 51.2 Å². The molecule has 0 aliphatic heterocycles. The van der Waals surface area contributed by atoms with Crippen LogP contribution in [-0.4, -0.2) is 25.2 Å². The number of carbonyl (C=O) groups excluding carboxylic acids is 1. The molecule has 0 unspecified atom stereocenters. The maximum atomic E-state index is 11.9. The molecule has 4 nitrogen and oxygen atoms in total. The molecule has 0 aromatic heterocycles. The summed E-state index contributed by atoms with van der Waals surface area (Å²) in [6, 6.07) is 7.81. The van der Waals surface area contributed by atoms with Gasteiger partial charge < -0.3 is 15.8 Å². The van der Waals surface area contributed by atoms with E-state index in [0.29, 0.717) is 32.2 Å². The number of ether oxygens (including phenoxy) is 1. The summed E-state index contributed by atoms with van der Waals surface area (Å²) < 4.78 is 5.79. The third kappa shape index (κ3) is 5.48. The fourth-order valence-corrected chi connectivity index (χ4v) is 2.81. The predicted molar refractivity (Wildman–Crippen MR) is 83.9 cm³/mol. The van der Waals surface area contributed by atoms with E-state index in [0.717, 1.165) is 24.0 Å². The smallest absolute Gasteiger partial charge is 0.224 e. The quantitative estimate of drug-likeness (QED) is 0.756. The lowest BCUT2D eigenvalue weighted by atomic mass is 9.98. The van der Waals surface area contributed by atoms with E-state index in [1.807, 2.05) is 24.3 Å². The van der Waals surface area contributed by atoms with E-state index < -0.39 is 0 Å². The molecular weight excluding hydrogens is 264 g/mol. The highest BCUT2D eigenvalue weighted by molar-refractivity contribution is 5.78. The fourth-order valence-electron chi connectivity index (χ4n) is 2.81. The lowest BCUT2D eigenvalue weighted by Gasteiger charge is -2.22. The Bertz CT molecular complexity index is 442. The first-order valence-electron chi connectivity index (χ1n) is 7.94. The zero-order valence-corrected chi connectivity index (χ0v) is 12.6. The predicted octanol–water partition coefficient (Wildman–Crippen LogP) is 2.15. The largest absolute Gasteiger partial charge is 0.376 e. The van der Waals surface area contributed by atoms with Gasteiger partial charge in [-0.15, -0.1) is 0 Å². The van der Waals surface area contributed by atoms with Gasteiger partial charge in [0.1, 0.15) is 0 Å². The van der Waals surface area contributed by atoms with Crippen molar-refractivity contribution >= 4 is 5.91 Å². The number of nitrogens with two attached hydrogens (primary N) is 1. The van der Waals surface area contributed by atoms with E-state index in [2.05, 4.69) is 5.32 Å². The van der Waals surface area contributed by atoms with Crippen LogP contribution in [0.2, 0.25) is 0 Å². The molecule has 1 saturated carbocycles. The molecule has 1 amide bonds. The molecule has 21 heavy (non-hydrogen) atoms. The topological polar surface area (TPSA) is 64.4 Å². The number of rotatable bonds is 7. The summed E-state index contributed by atoms with van der Waals surface area (Å²) in [4.78, 5) is 11.9. The molecule has 0 spiro atoms. The first-order valence-corrected chi connectivity index (χ1v) is 7.94. The van der Waals surface area contributed by atoms with Gasteiger partial charge in [-0.1, -0.05) is 43.5 Å². The van der Waals surface area contributed by atoms with Crippen LogP contribution in [0.4, 0.5) is 0 Å². The zero-order chi connectivity index (χ0) is 14.9. The molecule has 0 saturated heterocycles. The number of nitrogens with one attached hydrogen (secondary N) is 1. The Morgan fingerprint density at radius 1 is 1.19 bits per heavy atom. The van der Waals surface area contributed by atoms with Gasteiger partial charge >= 0.3 is 0 Å². The molecule has 3 N–H and O–H groups in total. The number of hydrogen-bond acceptors (Lipinski definition) is 3. The molecule has 2 rings (SSSR count). The highest BCUT2D eigenvalue weighted by Crippen LogP contribution is 2.19. The molecule has 1 aliphatic rings. The minimum Gasteiger partial charge on any atom is -0.376 e. The van der Waals surface area contributed by atoms with Crippen LogP contribution in [0.15, 0.2) is 24.3 Å². The SMILES string of the molecule is NCc1ccccc1CC(=O)NCCOC1CCCCC1. The van der Waals surface area contributed by atoms with E-state index >= 15 is 0 Å². The van der Waals surface area contributed by atoms with E-state index in [1.165, 1.54) is 19.3 Å².